The minimum Gasteiger partial charge on any atom is -0.454 e. The number of ether oxygens (including phenoxy) is 1. The normalized spacial score (nSPS) is 13.3. The number of aromatic nitrogens is 2. The van der Waals surface area contributed by atoms with Crippen LogP contribution < -0.4 is 5.32 Å². The van der Waals surface area contributed by atoms with Crippen LogP contribution in [-0.2, 0) is 14.3 Å². The highest BCUT2D eigenvalue weighted by atomic mass is 19.3. The van der Waals surface area contributed by atoms with Gasteiger partial charge >= 0.3 is 12.5 Å². The number of halogens is 2. The molecule has 2 atom stereocenters. The van der Waals surface area contributed by atoms with Gasteiger partial charge in [0.15, 0.2) is 11.9 Å². The molecule has 0 unspecified atom stereocenters. The Bertz CT molecular complexity index is 1050. The minimum absolute atomic E-state index is 0.0361. The smallest absolute Gasteiger partial charge is 0.320 e. The number of carbonyl (C=O) groups is 2. The van der Waals surface area contributed by atoms with Gasteiger partial charge < -0.3 is 10.1 Å². The zero-order valence-corrected chi connectivity index (χ0v) is 16.9. The van der Waals surface area contributed by atoms with Gasteiger partial charge in [0.2, 0.25) is 5.91 Å². The zero-order valence-electron chi connectivity index (χ0n) is 16.9. The van der Waals surface area contributed by atoms with E-state index in [4.69, 9.17) is 4.74 Å². The number of nitrogens with zero attached hydrogens (tertiary/aromatic N) is 2. The molecule has 3 rings (SSSR count). The van der Waals surface area contributed by atoms with E-state index >= 15 is 0 Å². The molecule has 0 saturated heterocycles. The van der Waals surface area contributed by atoms with Crippen molar-refractivity contribution in [3.63, 3.8) is 0 Å². The number of hydrogen-bond donors (Lipinski definition) is 1. The van der Waals surface area contributed by atoms with E-state index in [-0.39, 0.29) is 23.7 Å². The molecule has 158 valence electrons. The first kappa shape index (κ1) is 21.4. The van der Waals surface area contributed by atoms with E-state index in [0.717, 1.165) is 15.7 Å². The fourth-order valence-electron chi connectivity index (χ4n) is 3.32. The number of para-hydroxylation sites is 2. The maximum Gasteiger partial charge on any atom is 0.320 e. The highest BCUT2D eigenvalue weighted by molar-refractivity contribution is 5.77. The summed E-state index contributed by atoms with van der Waals surface area (Å²) in [6, 6.07) is 13.3. The lowest BCUT2D eigenvalue weighted by molar-refractivity contribution is -0.150. The molecule has 0 fully saturated rings. The molecule has 0 radical (unpaired) electrons. The number of aryl methyl sites for hydroxylation is 1. The summed E-state index contributed by atoms with van der Waals surface area (Å²) in [7, 11) is 0. The molecule has 0 aliphatic heterocycles. The number of fused-ring (bicyclic) bond motifs is 1. The molecule has 6 nitrogen and oxygen atoms in total. The molecule has 2 aromatic carbocycles. The second kappa shape index (κ2) is 9.02. The van der Waals surface area contributed by atoms with Crippen LogP contribution in [0, 0.1) is 6.92 Å². The predicted octanol–water partition coefficient (Wildman–Crippen LogP) is 4.61. The number of amides is 1. The molecule has 0 spiro atoms. The number of benzene rings is 2. The molecule has 1 aromatic heterocycles. The number of alkyl halides is 2. The quantitative estimate of drug-likeness (QED) is 0.572. The van der Waals surface area contributed by atoms with Crippen molar-refractivity contribution >= 4 is 22.9 Å². The fraction of sp³-hybridized carbons (Fsp3) is 0.318. The van der Waals surface area contributed by atoms with Crippen LogP contribution in [-0.4, -0.2) is 21.4 Å². The number of carbonyl (C=O) groups excluding carboxylic acids is 2. The van der Waals surface area contributed by atoms with Crippen molar-refractivity contribution in [3.8, 4) is 0 Å². The number of esters is 1. The van der Waals surface area contributed by atoms with E-state index in [9.17, 15) is 18.4 Å². The summed E-state index contributed by atoms with van der Waals surface area (Å²) in [5.41, 5.74) is 2.45. The van der Waals surface area contributed by atoms with Crippen molar-refractivity contribution in [1.29, 1.82) is 0 Å². The summed E-state index contributed by atoms with van der Waals surface area (Å²) in [5.74, 6) is -0.957. The van der Waals surface area contributed by atoms with E-state index in [1.807, 2.05) is 31.2 Å². The molecule has 1 N–H and O–H groups in total. The van der Waals surface area contributed by atoms with E-state index in [1.54, 1.807) is 18.2 Å². The first-order valence-corrected chi connectivity index (χ1v) is 9.54. The van der Waals surface area contributed by atoms with Crippen LogP contribution >= 0.6 is 0 Å². The van der Waals surface area contributed by atoms with Crippen LogP contribution in [0.4, 0.5) is 8.78 Å². The van der Waals surface area contributed by atoms with Gasteiger partial charge in [0.05, 0.1) is 23.5 Å². The second-order valence-electron chi connectivity index (χ2n) is 7.11. The SMILES string of the molecule is CC(=O)N[C@H](CC(=O)O[C@H](C)c1nc2ccccc2n1C(F)F)c1ccc(C)cc1. The number of hydrogen-bond acceptors (Lipinski definition) is 4. The average molecular weight is 415 g/mol. The summed E-state index contributed by atoms with van der Waals surface area (Å²) >= 11 is 0. The molecule has 30 heavy (non-hydrogen) atoms. The van der Waals surface area contributed by atoms with Crippen molar-refractivity contribution < 1.29 is 23.1 Å². The molecule has 3 aromatic rings. The summed E-state index contributed by atoms with van der Waals surface area (Å²) in [6.07, 6.45) is -1.13. The second-order valence-corrected chi connectivity index (χ2v) is 7.11. The predicted molar refractivity (Wildman–Crippen MR) is 108 cm³/mol. The monoisotopic (exact) mass is 415 g/mol. The first-order chi connectivity index (χ1) is 14.3. The molecule has 8 heteroatoms. The lowest BCUT2D eigenvalue weighted by atomic mass is 10.0. The Kier molecular flexibility index (Phi) is 6.44. The Balaban J connectivity index is 1.79. The molecule has 0 bridgehead atoms. The Labute approximate surface area is 172 Å². The van der Waals surface area contributed by atoms with Crippen molar-refractivity contribution in [1.82, 2.24) is 14.9 Å². The third-order valence-corrected chi connectivity index (χ3v) is 4.72. The van der Waals surface area contributed by atoms with Crippen molar-refractivity contribution in [2.45, 2.75) is 45.9 Å². The molecular formula is C22H23F2N3O3. The van der Waals surface area contributed by atoms with Crippen LogP contribution in [0.25, 0.3) is 11.0 Å². The summed E-state index contributed by atoms with van der Waals surface area (Å²) < 4.78 is 33.4. The van der Waals surface area contributed by atoms with Gasteiger partial charge in [0, 0.05) is 6.92 Å². The first-order valence-electron chi connectivity index (χ1n) is 9.54. The minimum atomic E-state index is -2.83. The average Bonchev–Trinajstić information content (AvgIpc) is 3.07. The molecule has 1 heterocycles. The van der Waals surface area contributed by atoms with Gasteiger partial charge in [-0.05, 0) is 31.5 Å². The molecule has 0 aliphatic rings. The Hall–Kier alpha value is -3.29. The van der Waals surface area contributed by atoms with Crippen molar-refractivity contribution in [2.75, 3.05) is 0 Å². The Morgan fingerprint density at radius 3 is 2.43 bits per heavy atom. The summed E-state index contributed by atoms with van der Waals surface area (Å²) in [4.78, 5) is 28.4. The van der Waals surface area contributed by atoms with Crippen LogP contribution in [0.15, 0.2) is 48.5 Å². The number of nitrogens with one attached hydrogen (secondary N) is 1. The van der Waals surface area contributed by atoms with E-state index in [2.05, 4.69) is 10.3 Å². The standard InChI is InChI=1S/C22H23F2N3O3/c1-13-8-10-16(11-9-13)18(25-15(3)28)12-20(29)30-14(2)21-26-17-6-4-5-7-19(17)27(21)22(23)24/h4-11,14,18,22H,12H2,1-3H3,(H,25,28)/t14-,18-/m1/s1. The van der Waals surface area contributed by atoms with Crippen molar-refractivity contribution in [2.24, 2.45) is 0 Å². The van der Waals surface area contributed by atoms with E-state index in [0.29, 0.717) is 5.52 Å². The van der Waals surface area contributed by atoms with Crippen LogP contribution in [0.5, 0.6) is 0 Å². The maximum absolute atomic E-state index is 13.6. The van der Waals surface area contributed by atoms with Crippen molar-refractivity contribution in [3.05, 3.63) is 65.5 Å². The fourth-order valence-corrected chi connectivity index (χ4v) is 3.32. The van der Waals surface area contributed by atoms with E-state index < -0.39 is 24.7 Å². The largest absolute Gasteiger partial charge is 0.454 e. The molecule has 0 saturated carbocycles. The van der Waals surface area contributed by atoms with Gasteiger partial charge in [-0.1, -0.05) is 42.0 Å². The van der Waals surface area contributed by atoms with Gasteiger partial charge in [-0.15, -0.1) is 0 Å². The zero-order chi connectivity index (χ0) is 21.8. The van der Waals surface area contributed by atoms with Gasteiger partial charge in [-0.2, -0.15) is 8.78 Å². The third kappa shape index (κ3) is 4.82. The van der Waals surface area contributed by atoms with Crippen LogP contribution in [0.1, 0.15) is 55.9 Å². The molecule has 0 aliphatic carbocycles. The summed E-state index contributed by atoms with van der Waals surface area (Å²) in [5, 5.41) is 2.73. The lowest BCUT2D eigenvalue weighted by Crippen LogP contribution is -2.29. The number of rotatable bonds is 7. The van der Waals surface area contributed by atoms with Crippen LogP contribution in [0.2, 0.25) is 0 Å². The topological polar surface area (TPSA) is 73.2 Å². The van der Waals surface area contributed by atoms with Gasteiger partial charge in [-0.3, -0.25) is 14.2 Å². The van der Waals surface area contributed by atoms with E-state index in [1.165, 1.54) is 19.9 Å². The Morgan fingerprint density at radius 2 is 1.80 bits per heavy atom. The Morgan fingerprint density at radius 1 is 1.13 bits per heavy atom. The third-order valence-electron chi connectivity index (χ3n) is 4.72. The summed E-state index contributed by atoms with van der Waals surface area (Å²) in [6.45, 7) is 1.97. The van der Waals surface area contributed by atoms with Crippen LogP contribution in [0.3, 0.4) is 0 Å². The number of imidazole rings is 1. The van der Waals surface area contributed by atoms with Gasteiger partial charge in [-0.25, -0.2) is 4.98 Å². The highest BCUT2D eigenvalue weighted by Gasteiger charge is 2.26. The highest BCUT2D eigenvalue weighted by Crippen LogP contribution is 2.29. The molecule has 1 amide bonds. The maximum atomic E-state index is 13.6. The van der Waals surface area contributed by atoms with Gasteiger partial charge in [0.25, 0.3) is 0 Å². The van der Waals surface area contributed by atoms with Gasteiger partial charge in [0.1, 0.15) is 0 Å². The lowest BCUT2D eigenvalue weighted by Gasteiger charge is -2.20. The molecular weight excluding hydrogens is 392 g/mol.